The number of rotatable bonds is 4. The van der Waals surface area contributed by atoms with Gasteiger partial charge in [0.05, 0.1) is 10.8 Å². The zero-order valence-electron chi connectivity index (χ0n) is 38.8. The summed E-state index contributed by atoms with van der Waals surface area (Å²) in [6.07, 6.45) is 0. The molecule has 0 atom stereocenters. The van der Waals surface area contributed by atoms with Crippen LogP contribution >= 0.6 is 23.5 Å². The Bertz CT molecular complexity index is 3970. The highest BCUT2D eigenvalue weighted by Crippen LogP contribution is 2.65. The van der Waals surface area contributed by atoms with Gasteiger partial charge in [-0.25, -0.2) is 0 Å². The lowest BCUT2D eigenvalue weighted by atomic mass is 9.67. The van der Waals surface area contributed by atoms with Crippen molar-refractivity contribution in [3.8, 4) is 33.4 Å². The Balaban J connectivity index is 0.944. The van der Waals surface area contributed by atoms with Crippen LogP contribution in [-0.2, 0) is 10.8 Å². The molecule has 3 heterocycles. The van der Waals surface area contributed by atoms with Crippen molar-refractivity contribution in [3.05, 3.63) is 293 Å². The molecule has 2 aliphatic carbocycles. The number of nitrogens with zero attached hydrogens (tertiary/aromatic N) is 1. The van der Waals surface area contributed by atoms with E-state index in [0.717, 1.165) is 50.1 Å². The van der Waals surface area contributed by atoms with Gasteiger partial charge >= 0.3 is 0 Å². The number of para-hydroxylation sites is 1. The van der Waals surface area contributed by atoms with E-state index in [1.807, 2.05) is 35.7 Å². The number of furan rings is 1. The fourth-order valence-corrected chi connectivity index (χ4v) is 15.5. The number of fused-ring (bicyclic) bond motifs is 21. The maximum Gasteiger partial charge on any atom is 0.135 e. The van der Waals surface area contributed by atoms with E-state index in [4.69, 9.17) is 4.42 Å². The van der Waals surface area contributed by atoms with Crippen LogP contribution in [0.2, 0.25) is 0 Å². The minimum atomic E-state index is -0.511. The average molecular weight is 952 g/mol. The second-order valence-corrected chi connectivity index (χ2v) is 21.6. The van der Waals surface area contributed by atoms with Crippen molar-refractivity contribution in [1.82, 2.24) is 0 Å². The third kappa shape index (κ3) is 5.38. The average Bonchev–Trinajstić information content (AvgIpc) is 4.06. The van der Waals surface area contributed by atoms with Crippen molar-refractivity contribution < 1.29 is 4.42 Å². The molecule has 11 aromatic carbocycles. The molecule has 336 valence electrons. The van der Waals surface area contributed by atoms with E-state index in [1.54, 1.807) is 0 Å². The maximum atomic E-state index is 6.25. The molecule has 0 fully saturated rings. The molecule has 4 aliphatic rings. The predicted octanol–water partition coefficient (Wildman–Crippen LogP) is 18.4. The van der Waals surface area contributed by atoms with Crippen LogP contribution in [0, 0.1) is 0 Å². The molecule has 2 nitrogen and oxygen atoms in total. The van der Waals surface area contributed by atoms with Crippen molar-refractivity contribution in [1.29, 1.82) is 0 Å². The van der Waals surface area contributed by atoms with Crippen molar-refractivity contribution >= 4 is 62.5 Å². The first-order valence-corrected chi connectivity index (χ1v) is 26.4. The minimum Gasteiger partial charge on any atom is -0.456 e. The molecule has 0 N–H and O–H groups in total. The van der Waals surface area contributed by atoms with E-state index in [9.17, 15) is 0 Å². The quantitative estimate of drug-likeness (QED) is 0.175. The maximum absolute atomic E-state index is 6.25. The topological polar surface area (TPSA) is 16.4 Å². The van der Waals surface area contributed by atoms with Crippen LogP contribution in [-0.4, -0.2) is 0 Å². The van der Waals surface area contributed by atoms with Gasteiger partial charge in [-0.2, -0.15) is 0 Å². The molecule has 0 bridgehead atoms. The summed E-state index contributed by atoms with van der Waals surface area (Å²) >= 11 is 3.78. The molecule has 0 saturated heterocycles. The smallest absolute Gasteiger partial charge is 0.135 e. The number of anilines is 3. The van der Waals surface area contributed by atoms with Gasteiger partial charge < -0.3 is 9.32 Å². The molecular weight excluding hydrogens is 911 g/mol. The third-order valence-electron chi connectivity index (χ3n) is 16.0. The summed E-state index contributed by atoms with van der Waals surface area (Å²) in [6.45, 7) is 0. The Labute approximate surface area is 426 Å². The van der Waals surface area contributed by atoms with Gasteiger partial charge in [-0.3, -0.25) is 0 Å². The first kappa shape index (κ1) is 40.4. The molecule has 72 heavy (non-hydrogen) atoms. The molecule has 2 spiro atoms. The van der Waals surface area contributed by atoms with Gasteiger partial charge in [0.25, 0.3) is 0 Å². The lowest BCUT2D eigenvalue weighted by molar-refractivity contribution is 0.669. The van der Waals surface area contributed by atoms with Crippen LogP contribution in [0.5, 0.6) is 0 Å². The summed E-state index contributed by atoms with van der Waals surface area (Å²) in [6, 6.07) is 93.2. The third-order valence-corrected chi connectivity index (χ3v) is 18.3. The summed E-state index contributed by atoms with van der Waals surface area (Å²) in [4.78, 5) is 7.71. The zero-order valence-corrected chi connectivity index (χ0v) is 40.5. The minimum absolute atomic E-state index is 0.511. The molecule has 16 rings (SSSR count). The molecule has 0 radical (unpaired) electrons. The van der Waals surface area contributed by atoms with Gasteiger partial charge in [0.1, 0.15) is 11.2 Å². The molecule has 4 heteroatoms. The van der Waals surface area contributed by atoms with Gasteiger partial charge in [0.2, 0.25) is 0 Å². The fraction of sp³-hybridized carbons (Fsp3) is 0.0294. The summed E-state index contributed by atoms with van der Waals surface area (Å²) in [5.41, 5.74) is 22.1. The SMILES string of the molecule is c1ccc2c(c1)Sc1ccccc1C21c2ccccc2-c2ccc(N(c3ccc(-c4ccc5oc6ccccc6c5c4)cc3)c3ccc4c(c3)C3(c5ccccc5Sc5ccccc53)c3ccccc3-4)cc21. The molecule has 12 aromatic rings. The van der Waals surface area contributed by atoms with E-state index >= 15 is 0 Å². The van der Waals surface area contributed by atoms with E-state index in [2.05, 4.69) is 241 Å². The Kier molecular flexibility index (Phi) is 8.49. The molecule has 0 saturated carbocycles. The van der Waals surface area contributed by atoms with Crippen LogP contribution in [0.15, 0.2) is 273 Å². The van der Waals surface area contributed by atoms with Crippen LogP contribution in [0.25, 0.3) is 55.3 Å². The van der Waals surface area contributed by atoms with Crippen LogP contribution in [0.4, 0.5) is 17.1 Å². The Hall–Kier alpha value is -8.28. The standard InChI is InChI=1S/C68H41NOS2/c1-4-18-53-47(15-1)49-36-34-45(40-59(49)67(53)55-20-6-11-25-63(55)71-64-26-12-7-21-56(64)67)69(44-32-29-42(30-33-44)43-31-38-62-52(39-43)51-17-3-10-24-61(51)70-62)46-35-37-50-48-16-2-5-19-54(48)68(60(50)41-46)57-22-8-13-27-65(57)72-66-28-14-9-23-58(66)68/h1-41H. The number of benzene rings is 11. The highest BCUT2D eigenvalue weighted by molar-refractivity contribution is 7.99. The van der Waals surface area contributed by atoms with E-state index in [-0.39, 0.29) is 0 Å². The number of hydrogen-bond acceptors (Lipinski definition) is 4. The summed E-state index contributed by atoms with van der Waals surface area (Å²) in [5.74, 6) is 0. The fourth-order valence-electron chi connectivity index (χ4n) is 13.1. The Morgan fingerprint density at radius 2 is 0.667 bits per heavy atom. The largest absolute Gasteiger partial charge is 0.456 e. The predicted molar refractivity (Wildman–Crippen MR) is 297 cm³/mol. The summed E-state index contributed by atoms with van der Waals surface area (Å²) in [7, 11) is 0. The molecular formula is C68H41NOS2. The van der Waals surface area contributed by atoms with Gasteiger partial charge in [0.15, 0.2) is 0 Å². The highest BCUT2D eigenvalue weighted by atomic mass is 32.2. The summed E-state index contributed by atoms with van der Waals surface area (Å²) < 4.78 is 6.25. The molecule has 2 aliphatic heterocycles. The van der Waals surface area contributed by atoms with Gasteiger partial charge in [-0.15, -0.1) is 0 Å². The summed E-state index contributed by atoms with van der Waals surface area (Å²) in [5, 5.41) is 2.26. The van der Waals surface area contributed by atoms with E-state index < -0.39 is 10.8 Å². The van der Waals surface area contributed by atoms with Crippen LogP contribution < -0.4 is 4.90 Å². The normalized spacial score (nSPS) is 14.5. The molecule has 1 aromatic heterocycles. The second-order valence-electron chi connectivity index (χ2n) is 19.4. The first-order chi connectivity index (χ1) is 35.7. The second kappa shape index (κ2) is 15.1. The monoisotopic (exact) mass is 951 g/mol. The number of hydrogen-bond donors (Lipinski definition) is 0. The molecule has 0 unspecified atom stereocenters. The lowest BCUT2D eigenvalue weighted by Gasteiger charge is -2.40. The Morgan fingerprint density at radius 1 is 0.278 bits per heavy atom. The van der Waals surface area contributed by atoms with E-state index in [0.29, 0.717) is 0 Å². The highest BCUT2D eigenvalue weighted by Gasteiger charge is 2.52. The lowest BCUT2D eigenvalue weighted by Crippen LogP contribution is -2.32. The first-order valence-electron chi connectivity index (χ1n) is 24.7. The molecule has 0 amide bonds. The Morgan fingerprint density at radius 3 is 1.18 bits per heavy atom. The van der Waals surface area contributed by atoms with Gasteiger partial charge in [-0.05, 0) is 157 Å². The van der Waals surface area contributed by atoms with E-state index in [1.165, 1.54) is 86.3 Å². The van der Waals surface area contributed by atoms with Crippen molar-refractivity contribution in [2.75, 3.05) is 4.90 Å². The van der Waals surface area contributed by atoms with Crippen molar-refractivity contribution in [2.45, 2.75) is 30.4 Å². The zero-order chi connectivity index (χ0) is 47.1. The van der Waals surface area contributed by atoms with Crippen molar-refractivity contribution in [2.24, 2.45) is 0 Å². The van der Waals surface area contributed by atoms with Gasteiger partial charge in [-0.1, -0.05) is 193 Å². The van der Waals surface area contributed by atoms with Crippen LogP contribution in [0.3, 0.4) is 0 Å². The van der Waals surface area contributed by atoms with Crippen LogP contribution in [0.1, 0.15) is 44.5 Å². The van der Waals surface area contributed by atoms with Gasteiger partial charge in [0, 0.05) is 47.4 Å². The van der Waals surface area contributed by atoms with Crippen molar-refractivity contribution in [3.63, 3.8) is 0 Å².